The van der Waals surface area contributed by atoms with Gasteiger partial charge in [0.15, 0.2) is 9.99 Å². The molecule has 0 spiro atoms. The molecule has 1 aromatic carbocycles. The molecule has 4 rings (SSSR count). The Hall–Kier alpha value is -1.91. The standard InChI is InChI=1S/C15H13BrN4O3S2/c1-9(21)19-5-4-10-8-11(2-3-12(10)19)18-25(22,23)14-13(16)17-15-20(14)6-7-24-15/h2-3,6-8,18H,4-5H2,1H3. The van der Waals surface area contributed by atoms with E-state index in [1.165, 1.54) is 22.7 Å². The summed E-state index contributed by atoms with van der Waals surface area (Å²) in [4.78, 5) is 18.1. The van der Waals surface area contributed by atoms with Crippen LogP contribution in [-0.2, 0) is 21.2 Å². The molecule has 0 fully saturated rings. The first-order valence-electron chi connectivity index (χ1n) is 7.42. The molecular weight excluding hydrogens is 428 g/mol. The van der Waals surface area contributed by atoms with Crippen LogP contribution in [0.25, 0.3) is 4.96 Å². The smallest absolute Gasteiger partial charge is 0.280 e. The number of thiazole rings is 1. The molecule has 1 amide bonds. The molecule has 7 nitrogen and oxygen atoms in total. The number of nitrogens with zero attached hydrogens (tertiary/aromatic N) is 3. The SMILES string of the molecule is CC(=O)N1CCc2cc(NS(=O)(=O)c3c(Br)nc4sccn34)ccc21. The summed E-state index contributed by atoms with van der Waals surface area (Å²) >= 11 is 4.58. The molecule has 130 valence electrons. The average Bonchev–Trinajstić information content (AvgIpc) is 3.19. The molecule has 0 bridgehead atoms. The maximum absolute atomic E-state index is 12.8. The Morgan fingerprint density at radius 1 is 1.40 bits per heavy atom. The van der Waals surface area contributed by atoms with Crippen LogP contribution in [0.15, 0.2) is 39.4 Å². The van der Waals surface area contributed by atoms with Crippen LogP contribution in [0.4, 0.5) is 11.4 Å². The third-order valence-corrected chi connectivity index (χ3v) is 7.02. The third kappa shape index (κ3) is 2.74. The lowest BCUT2D eigenvalue weighted by atomic mass is 10.1. The second-order valence-corrected chi connectivity index (χ2v) is 8.85. The van der Waals surface area contributed by atoms with E-state index in [0.29, 0.717) is 23.6 Å². The van der Waals surface area contributed by atoms with Crippen molar-refractivity contribution in [3.05, 3.63) is 39.9 Å². The molecule has 0 atom stereocenters. The van der Waals surface area contributed by atoms with Gasteiger partial charge in [-0.05, 0) is 46.1 Å². The Kier molecular flexibility index (Phi) is 3.85. The highest BCUT2D eigenvalue weighted by atomic mass is 79.9. The monoisotopic (exact) mass is 440 g/mol. The molecule has 0 aliphatic carbocycles. The second-order valence-electron chi connectivity index (χ2n) is 5.63. The number of fused-ring (bicyclic) bond motifs is 2. The van der Waals surface area contributed by atoms with Crippen LogP contribution in [-0.4, -0.2) is 30.3 Å². The minimum absolute atomic E-state index is 0.0184. The van der Waals surface area contributed by atoms with Crippen molar-refractivity contribution < 1.29 is 13.2 Å². The van der Waals surface area contributed by atoms with E-state index in [9.17, 15) is 13.2 Å². The molecule has 3 aromatic rings. The van der Waals surface area contributed by atoms with Gasteiger partial charge >= 0.3 is 0 Å². The van der Waals surface area contributed by atoms with Crippen LogP contribution >= 0.6 is 27.3 Å². The van der Waals surface area contributed by atoms with Gasteiger partial charge in [-0.25, -0.2) is 4.98 Å². The van der Waals surface area contributed by atoms with Crippen LogP contribution < -0.4 is 9.62 Å². The lowest BCUT2D eigenvalue weighted by molar-refractivity contribution is -0.116. The fourth-order valence-corrected chi connectivity index (χ4v) is 6.07. The van der Waals surface area contributed by atoms with E-state index in [1.54, 1.807) is 34.7 Å². The molecule has 1 aliphatic heterocycles. The fourth-order valence-electron chi connectivity index (χ4n) is 2.97. The van der Waals surface area contributed by atoms with E-state index in [4.69, 9.17) is 0 Å². The predicted molar refractivity (Wildman–Crippen MR) is 99.8 cm³/mol. The molecule has 3 heterocycles. The number of nitrogens with one attached hydrogen (secondary N) is 1. The summed E-state index contributed by atoms with van der Waals surface area (Å²) in [5.74, 6) is -0.0184. The summed E-state index contributed by atoms with van der Waals surface area (Å²) in [7, 11) is -3.81. The minimum atomic E-state index is -3.81. The Bertz CT molecular complexity index is 1100. The number of benzene rings is 1. The van der Waals surface area contributed by atoms with Gasteiger partial charge in [-0.2, -0.15) is 8.42 Å². The first kappa shape index (κ1) is 16.6. The molecule has 1 aliphatic rings. The van der Waals surface area contributed by atoms with Gasteiger partial charge in [0, 0.05) is 36.4 Å². The molecule has 0 radical (unpaired) electrons. The highest BCUT2D eigenvalue weighted by molar-refractivity contribution is 9.10. The van der Waals surface area contributed by atoms with Gasteiger partial charge in [-0.3, -0.25) is 13.9 Å². The highest BCUT2D eigenvalue weighted by Gasteiger charge is 2.26. The van der Waals surface area contributed by atoms with Crippen LogP contribution in [0.3, 0.4) is 0 Å². The normalized spacial score (nSPS) is 14.1. The predicted octanol–water partition coefficient (Wildman–Crippen LogP) is 2.87. The Balaban J connectivity index is 1.69. The van der Waals surface area contributed by atoms with Crippen molar-refractivity contribution in [2.24, 2.45) is 0 Å². The molecular formula is C15H13BrN4O3S2. The first-order chi connectivity index (χ1) is 11.9. The molecule has 10 heteroatoms. The number of hydrogen-bond acceptors (Lipinski definition) is 5. The van der Waals surface area contributed by atoms with Crippen molar-refractivity contribution in [1.82, 2.24) is 9.38 Å². The van der Waals surface area contributed by atoms with Gasteiger partial charge in [0.25, 0.3) is 10.0 Å². The molecule has 0 saturated heterocycles. The van der Waals surface area contributed by atoms with Gasteiger partial charge in [0.05, 0.1) is 0 Å². The van der Waals surface area contributed by atoms with E-state index in [0.717, 1.165) is 11.3 Å². The first-order valence-corrected chi connectivity index (χ1v) is 10.6. The molecule has 0 unspecified atom stereocenters. The summed E-state index contributed by atoms with van der Waals surface area (Å²) < 4.78 is 30.0. The van der Waals surface area contributed by atoms with Crippen LogP contribution in [0, 0.1) is 0 Å². The van der Waals surface area contributed by atoms with E-state index in [-0.39, 0.29) is 15.5 Å². The van der Waals surface area contributed by atoms with E-state index >= 15 is 0 Å². The zero-order valence-electron chi connectivity index (χ0n) is 13.1. The maximum atomic E-state index is 12.8. The summed E-state index contributed by atoms with van der Waals surface area (Å²) in [6, 6.07) is 5.21. The number of aromatic nitrogens is 2. The summed E-state index contributed by atoms with van der Waals surface area (Å²) in [6.45, 7) is 2.14. The largest absolute Gasteiger partial charge is 0.312 e. The molecule has 25 heavy (non-hydrogen) atoms. The second kappa shape index (κ2) is 5.82. The molecule has 1 N–H and O–H groups in total. The Labute approximate surface area is 156 Å². The van der Waals surface area contributed by atoms with Gasteiger partial charge in [0.2, 0.25) is 5.91 Å². The number of halogens is 1. The van der Waals surface area contributed by atoms with Gasteiger partial charge in [-0.1, -0.05) is 0 Å². The van der Waals surface area contributed by atoms with Gasteiger partial charge in [-0.15, -0.1) is 11.3 Å². The van der Waals surface area contributed by atoms with Gasteiger partial charge < -0.3 is 4.90 Å². The number of hydrogen-bond donors (Lipinski definition) is 1. The third-order valence-electron chi connectivity index (χ3n) is 4.04. The van der Waals surface area contributed by atoms with Crippen LogP contribution in [0.2, 0.25) is 0 Å². The average molecular weight is 441 g/mol. The van der Waals surface area contributed by atoms with Crippen molar-refractivity contribution in [2.45, 2.75) is 18.4 Å². The topological polar surface area (TPSA) is 83.8 Å². The summed E-state index contributed by atoms with van der Waals surface area (Å²) in [5, 5.41) is 1.84. The van der Waals surface area contributed by atoms with E-state index < -0.39 is 10.0 Å². The number of carbonyl (C=O) groups excluding carboxylic acids is 1. The number of anilines is 2. The summed E-state index contributed by atoms with van der Waals surface area (Å²) in [5.41, 5.74) is 2.24. The lowest BCUT2D eigenvalue weighted by Crippen LogP contribution is -2.25. The van der Waals surface area contributed by atoms with Crippen molar-refractivity contribution in [3.8, 4) is 0 Å². The summed E-state index contributed by atoms with van der Waals surface area (Å²) in [6.07, 6.45) is 2.37. The Morgan fingerprint density at radius 2 is 2.20 bits per heavy atom. The zero-order chi connectivity index (χ0) is 17.8. The quantitative estimate of drug-likeness (QED) is 0.678. The van der Waals surface area contributed by atoms with Gasteiger partial charge in [0.1, 0.15) is 4.60 Å². The zero-order valence-corrected chi connectivity index (χ0v) is 16.3. The van der Waals surface area contributed by atoms with Crippen molar-refractivity contribution >= 4 is 59.5 Å². The minimum Gasteiger partial charge on any atom is -0.312 e. The lowest BCUT2D eigenvalue weighted by Gasteiger charge is -2.15. The maximum Gasteiger partial charge on any atom is 0.280 e. The Morgan fingerprint density at radius 3 is 2.96 bits per heavy atom. The number of carbonyl (C=O) groups is 1. The van der Waals surface area contributed by atoms with Crippen molar-refractivity contribution in [1.29, 1.82) is 0 Å². The number of sulfonamides is 1. The van der Waals surface area contributed by atoms with E-state index in [1.807, 2.05) is 0 Å². The van der Waals surface area contributed by atoms with E-state index in [2.05, 4.69) is 25.6 Å². The van der Waals surface area contributed by atoms with Crippen molar-refractivity contribution in [2.75, 3.05) is 16.2 Å². The van der Waals surface area contributed by atoms with Crippen molar-refractivity contribution in [3.63, 3.8) is 0 Å². The molecule has 0 saturated carbocycles. The number of rotatable bonds is 3. The van der Waals surface area contributed by atoms with Crippen LogP contribution in [0.5, 0.6) is 0 Å². The number of imidazole rings is 1. The molecule has 2 aromatic heterocycles. The van der Waals surface area contributed by atoms with Crippen LogP contribution in [0.1, 0.15) is 12.5 Å². The fraction of sp³-hybridized carbons (Fsp3) is 0.200. The number of amides is 1. The highest BCUT2D eigenvalue weighted by Crippen LogP contribution is 2.32.